The number of amides is 2. The van der Waals surface area contributed by atoms with Gasteiger partial charge in [-0.15, -0.1) is 11.8 Å². The van der Waals surface area contributed by atoms with E-state index in [0.29, 0.717) is 5.57 Å². The first-order valence-electron chi connectivity index (χ1n) is 8.61. The highest BCUT2D eigenvalue weighted by molar-refractivity contribution is 8.00. The summed E-state index contributed by atoms with van der Waals surface area (Å²) in [6.07, 6.45) is 1.12. The van der Waals surface area contributed by atoms with Gasteiger partial charge >= 0.3 is 17.8 Å². The van der Waals surface area contributed by atoms with Gasteiger partial charge in [0.25, 0.3) is 5.91 Å². The lowest BCUT2D eigenvalue weighted by atomic mass is 10.0. The van der Waals surface area contributed by atoms with Crippen molar-refractivity contribution in [2.75, 3.05) is 12.4 Å². The average Bonchev–Trinajstić information content (AvgIpc) is 3.04. The van der Waals surface area contributed by atoms with E-state index in [-0.39, 0.29) is 30.4 Å². The fourth-order valence-electron chi connectivity index (χ4n) is 3.10. The maximum Gasteiger partial charge on any atom is 0.381 e. The number of carboxylic acids is 1. The van der Waals surface area contributed by atoms with Crippen LogP contribution in [-0.4, -0.2) is 72.0 Å². The zero-order valence-corrected chi connectivity index (χ0v) is 16.7. The summed E-state index contributed by atoms with van der Waals surface area (Å²) in [5.74, 6) is -3.01. The third-order valence-corrected chi connectivity index (χ3v) is 5.82. The topological polar surface area (TPSA) is 174 Å². The Labute approximate surface area is 173 Å². The molecule has 1 aromatic rings. The maximum atomic E-state index is 12.5. The Balaban J connectivity index is 1.69. The summed E-state index contributed by atoms with van der Waals surface area (Å²) in [7, 11) is 0. The van der Waals surface area contributed by atoms with Gasteiger partial charge in [0.05, 0.1) is 0 Å². The van der Waals surface area contributed by atoms with Crippen LogP contribution in [0.15, 0.2) is 17.5 Å². The molecule has 160 valence electrons. The number of aliphatic carboxylic acids is 1. The molecular weight excluding hydrogens is 422 g/mol. The molecule has 1 fully saturated rings. The molecule has 0 aliphatic carbocycles. The number of rotatable bonds is 7. The number of carboxylic acid groups (broad SMARTS) is 1. The van der Waals surface area contributed by atoms with E-state index in [4.69, 9.17) is 4.74 Å². The Kier molecular flexibility index (Phi) is 5.78. The predicted octanol–water partition coefficient (Wildman–Crippen LogP) is -0.599. The van der Waals surface area contributed by atoms with Crippen LogP contribution in [0.3, 0.4) is 0 Å². The number of β-lactam (4-membered cyclic amide) rings is 1. The van der Waals surface area contributed by atoms with Gasteiger partial charge in [-0.1, -0.05) is 0 Å². The molecule has 2 atom stereocenters. The smallest absolute Gasteiger partial charge is 0.381 e. The fourth-order valence-corrected chi connectivity index (χ4v) is 4.42. The van der Waals surface area contributed by atoms with Crippen molar-refractivity contribution in [3.8, 4) is 0 Å². The molecule has 0 spiro atoms. The van der Waals surface area contributed by atoms with Crippen molar-refractivity contribution in [3.05, 3.63) is 33.4 Å². The highest BCUT2D eigenvalue weighted by atomic mass is 32.2. The molecule has 2 N–H and O–H groups in total. The number of carbonyl (C=O) groups is 4. The van der Waals surface area contributed by atoms with Crippen LogP contribution in [0.25, 0.3) is 0 Å². The minimum absolute atomic E-state index is 0.211. The highest BCUT2D eigenvalue weighted by Crippen LogP contribution is 2.40. The summed E-state index contributed by atoms with van der Waals surface area (Å²) in [5.41, 5.74) is 0.0370. The van der Waals surface area contributed by atoms with Gasteiger partial charge in [0.15, 0.2) is 0 Å². The number of carbonyl (C=O) groups excluding carboxylic acids is 3. The lowest BCUT2D eigenvalue weighted by Gasteiger charge is -2.49. The Morgan fingerprint density at radius 2 is 2.17 bits per heavy atom. The third kappa shape index (κ3) is 3.98. The number of ether oxygens (including phenoxy) is 1. The molecule has 0 aromatic carbocycles. The number of esters is 1. The first kappa shape index (κ1) is 21.3. The van der Waals surface area contributed by atoms with Crippen LogP contribution >= 0.6 is 11.8 Å². The van der Waals surface area contributed by atoms with Gasteiger partial charge in [0, 0.05) is 25.2 Å². The number of hydrogen-bond acceptors (Lipinski definition) is 9. The summed E-state index contributed by atoms with van der Waals surface area (Å²) >= 11 is 1.23. The molecule has 1 aromatic heterocycles. The van der Waals surface area contributed by atoms with Gasteiger partial charge in [0.2, 0.25) is 11.7 Å². The van der Waals surface area contributed by atoms with Crippen molar-refractivity contribution in [1.82, 2.24) is 19.8 Å². The van der Waals surface area contributed by atoms with Crippen LogP contribution in [0, 0.1) is 17.0 Å². The molecule has 3 rings (SSSR count). The van der Waals surface area contributed by atoms with Crippen molar-refractivity contribution >= 4 is 41.3 Å². The molecule has 0 radical (unpaired) electrons. The molecule has 30 heavy (non-hydrogen) atoms. The first-order valence-corrected chi connectivity index (χ1v) is 9.66. The Hall–Kier alpha value is -3.42. The third-order valence-electron chi connectivity index (χ3n) is 4.48. The summed E-state index contributed by atoms with van der Waals surface area (Å²) in [5, 5.41) is 22.2. The van der Waals surface area contributed by atoms with Crippen LogP contribution in [-0.2, 0) is 30.5 Å². The average molecular weight is 439 g/mol. The van der Waals surface area contributed by atoms with E-state index in [1.807, 2.05) is 0 Å². The number of nitrogens with one attached hydrogen (secondary N) is 1. The Morgan fingerprint density at radius 1 is 1.47 bits per heavy atom. The number of aromatic nitrogens is 2. The van der Waals surface area contributed by atoms with E-state index in [1.165, 1.54) is 30.2 Å². The zero-order valence-electron chi connectivity index (χ0n) is 15.9. The number of aryl methyl sites for hydroxylation is 1. The number of fused-ring (bicyclic) bond motifs is 1. The highest BCUT2D eigenvalue weighted by Gasteiger charge is 2.54. The number of thioether (sulfide) groups is 1. The molecule has 14 heteroatoms. The van der Waals surface area contributed by atoms with Crippen molar-refractivity contribution in [3.63, 3.8) is 0 Å². The summed E-state index contributed by atoms with van der Waals surface area (Å²) in [6.45, 7) is 2.17. The standard InChI is InChI=1S/C16H17N5O8S/c1-7-17-10(21(27)28)3-19(7)4-11(23)18-12-14(24)20-13(16(25)26)9(5-29-8(2)22)6-30-15(12)20/h3,12,15H,4-6H2,1-2H3,(H,18,23)(H,25,26)/t12-,15+/m0/s1. The van der Waals surface area contributed by atoms with Crippen molar-refractivity contribution in [1.29, 1.82) is 0 Å². The second-order valence-corrected chi connectivity index (χ2v) is 7.63. The molecule has 0 unspecified atom stereocenters. The van der Waals surface area contributed by atoms with Gasteiger partial charge in [0.1, 0.15) is 36.5 Å². The monoisotopic (exact) mass is 439 g/mol. The number of nitrogens with zero attached hydrogens (tertiary/aromatic N) is 4. The number of imidazole rings is 1. The second kappa shape index (κ2) is 8.14. The van der Waals surface area contributed by atoms with Gasteiger partial charge in [-0.2, -0.15) is 0 Å². The molecule has 1 saturated heterocycles. The fraction of sp³-hybridized carbons (Fsp3) is 0.438. The van der Waals surface area contributed by atoms with E-state index in [2.05, 4.69) is 10.3 Å². The minimum atomic E-state index is -1.33. The van der Waals surface area contributed by atoms with Crippen molar-refractivity contribution < 1.29 is 33.9 Å². The van der Waals surface area contributed by atoms with Crippen LogP contribution in [0.2, 0.25) is 0 Å². The molecule has 13 nitrogen and oxygen atoms in total. The summed E-state index contributed by atoms with van der Waals surface area (Å²) in [6, 6.07) is -0.939. The molecule has 2 aliphatic heterocycles. The van der Waals surface area contributed by atoms with E-state index < -0.39 is 45.9 Å². The van der Waals surface area contributed by atoms with E-state index in [0.717, 1.165) is 11.1 Å². The van der Waals surface area contributed by atoms with Crippen LogP contribution in [0.1, 0.15) is 12.7 Å². The SMILES string of the molecule is CC(=O)OCC1=C(C(=O)O)N2C(=O)[C@H](NC(=O)Cn3cc([N+](=O)[O-])nc3C)[C@H]2SC1. The quantitative estimate of drug-likeness (QED) is 0.242. The van der Waals surface area contributed by atoms with E-state index in [1.54, 1.807) is 0 Å². The van der Waals surface area contributed by atoms with Crippen LogP contribution in [0.4, 0.5) is 5.82 Å². The molecule has 2 aliphatic rings. The Bertz CT molecular complexity index is 986. The lowest BCUT2D eigenvalue weighted by Crippen LogP contribution is -2.70. The molecule has 0 saturated carbocycles. The number of nitro groups is 1. The van der Waals surface area contributed by atoms with Gasteiger partial charge in [-0.05, 0) is 9.91 Å². The molecular formula is C16H17N5O8S. The zero-order chi connectivity index (χ0) is 22.2. The van der Waals surface area contributed by atoms with Crippen LogP contribution < -0.4 is 5.32 Å². The summed E-state index contributed by atoms with van der Waals surface area (Å²) in [4.78, 5) is 62.4. The van der Waals surface area contributed by atoms with Crippen molar-refractivity contribution in [2.45, 2.75) is 31.8 Å². The van der Waals surface area contributed by atoms with Crippen molar-refractivity contribution in [2.24, 2.45) is 0 Å². The van der Waals surface area contributed by atoms with Gasteiger partial charge < -0.3 is 25.3 Å². The minimum Gasteiger partial charge on any atom is -0.477 e. The Morgan fingerprint density at radius 3 is 2.73 bits per heavy atom. The molecule has 0 bridgehead atoms. The maximum absolute atomic E-state index is 12.5. The normalized spacial score (nSPS) is 20.3. The molecule has 2 amide bonds. The molecule has 3 heterocycles. The largest absolute Gasteiger partial charge is 0.477 e. The van der Waals surface area contributed by atoms with Gasteiger partial charge in [-0.3, -0.25) is 23.9 Å². The predicted molar refractivity (Wildman–Crippen MR) is 99.9 cm³/mol. The lowest BCUT2D eigenvalue weighted by molar-refractivity contribution is -0.389. The second-order valence-electron chi connectivity index (χ2n) is 6.52. The van der Waals surface area contributed by atoms with E-state index >= 15 is 0 Å². The first-order chi connectivity index (χ1) is 14.1. The van der Waals surface area contributed by atoms with Crippen LogP contribution in [0.5, 0.6) is 0 Å². The van der Waals surface area contributed by atoms with Gasteiger partial charge in [-0.25, -0.2) is 4.79 Å². The number of hydrogen-bond donors (Lipinski definition) is 2. The summed E-state index contributed by atoms with van der Waals surface area (Å²) < 4.78 is 6.13. The van der Waals surface area contributed by atoms with E-state index in [9.17, 15) is 34.4 Å².